The van der Waals surface area contributed by atoms with Crippen molar-refractivity contribution in [2.24, 2.45) is 23.7 Å². The van der Waals surface area contributed by atoms with E-state index in [1.807, 2.05) is 0 Å². The van der Waals surface area contributed by atoms with Gasteiger partial charge in [-0.25, -0.2) is 4.79 Å². The summed E-state index contributed by atoms with van der Waals surface area (Å²) in [7, 11) is 1.48. The quantitative estimate of drug-likeness (QED) is 0.575. The minimum atomic E-state index is -1.04. The highest BCUT2D eigenvalue weighted by Gasteiger charge is 2.62. The second kappa shape index (κ2) is 7.50. The number of nitrogens with zero attached hydrogens (tertiary/aromatic N) is 1. The Bertz CT molecular complexity index is 840. The summed E-state index contributed by atoms with van der Waals surface area (Å²) in [6, 6.07) is 5.82. The molecule has 2 bridgehead atoms. The number of methoxy groups -OCH3 is 1. The summed E-state index contributed by atoms with van der Waals surface area (Å²) < 4.78 is 10.2. The molecule has 8 heteroatoms. The number of amides is 3. The van der Waals surface area contributed by atoms with Crippen molar-refractivity contribution in [2.75, 3.05) is 19.0 Å². The number of carbonyl (C=O) groups excluding carboxylic acids is 4. The molecule has 2 saturated carbocycles. The minimum Gasteiger partial charge on any atom is -0.495 e. The number of fused-ring (bicyclic) bond motifs is 5. The zero-order chi connectivity index (χ0) is 20.7. The third-order valence-electron chi connectivity index (χ3n) is 6.42. The van der Waals surface area contributed by atoms with Crippen molar-refractivity contribution >= 4 is 29.4 Å². The Labute approximate surface area is 168 Å². The van der Waals surface area contributed by atoms with Crippen molar-refractivity contribution in [3.05, 3.63) is 24.3 Å². The largest absolute Gasteiger partial charge is 0.495 e. The molecular weight excluding hydrogens is 376 g/mol. The van der Waals surface area contributed by atoms with Crippen LogP contribution in [-0.2, 0) is 23.9 Å². The number of esters is 1. The molecule has 8 nitrogen and oxygen atoms in total. The maximum atomic E-state index is 12.8. The fraction of sp³-hybridized carbons (Fsp3) is 0.524. The van der Waals surface area contributed by atoms with Gasteiger partial charge >= 0.3 is 5.97 Å². The second-order valence-electron chi connectivity index (χ2n) is 7.96. The van der Waals surface area contributed by atoms with Gasteiger partial charge in [0.1, 0.15) is 11.8 Å². The molecule has 29 heavy (non-hydrogen) atoms. The Hall–Kier alpha value is -2.90. The highest BCUT2D eigenvalue weighted by molar-refractivity contribution is 6.08. The van der Waals surface area contributed by atoms with Gasteiger partial charge in [-0.1, -0.05) is 12.1 Å². The van der Waals surface area contributed by atoms with Gasteiger partial charge in [0.05, 0.1) is 24.6 Å². The topological polar surface area (TPSA) is 102 Å². The number of rotatable bonds is 6. The first-order valence-electron chi connectivity index (χ1n) is 9.88. The highest BCUT2D eigenvalue weighted by Crippen LogP contribution is 2.56. The number of imide groups is 1. The Morgan fingerprint density at radius 2 is 1.76 bits per heavy atom. The average Bonchev–Trinajstić information content (AvgIpc) is 3.40. The number of ether oxygens (including phenoxy) is 2. The molecule has 1 saturated heterocycles. The van der Waals surface area contributed by atoms with Gasteiger partial charge in [0.25, 0.3) is 5.91 Å². The van der Waals surface area contributed by atoms with E-state index < -0.39 is 24.5 Å². The van der Waals surface area contributed by atoms with Crippen LogP contribution in [0.5, 0.6) is 5.75 Å². The van der Waals surface area contributed by atoms with Crippen LogP contribution in [0.15, 0.2) is 24.3 Å². The molecule has 1 heterocycles. The molecular formula is C21H24N2O6. The first-order chi connectivity index (χ1) is 13.9. The lowest BCUT2D eigenvalue weighted by Gasteiger charge is -2.23. The maximum Gasteiger partial charge on any atom is 0.329 e. The number of hydrogen-bond donors (Lipinski definition) is 1. The molecule has 154 valence electrons. The van der Waals surface area contributed by atoms with Crippen LogP contribution < -0.4 is 10.1 Å². The van der Waals surface area contributed by atoms with Crippen molar-refractivity contribution in [1.82, 2.24) is 4.90 Å². The molecule has 4 rings (SSSR count). The Morgan fingerprint density at radius 1 is 1.14 bits per heavy atom. The van der Waals surface area contributed by atoms with Crippen LogP contribution in [0.25, 0.3) is 0 Å². The van der Waals surface area contributed by atoms with E-state index in [9.17, 15) is 19.2 Å². The molecule has 1 aromatic carbocycles. The fourth-order valence-corrected chi connectivity index (χ4v) is 5.11. The van der Waals surface area contributed by atoms with Gasteiger partial charge in [0.2, 0.25) is 11.8 Å². The smallest absolute Gasteiger partial charge is 0.329 e. The molecule has 0 unspecified atom stereocenters. The summed E-state index contributed by atoms with van der Waals surface area (Å²) in [4.78, 5) is 51.2. The van der Waals surface area contributed by atoms with Gasteiger partial charge in [-0.05, 0) is 50.2 Å². The summed E-state index contributed by atoms with van der Waals surface area (Å²) in [5.41, 5.74) is 0.456. The van der Waals surface area contributed by atoms with E-state index in [0.717, 1.165) is 24.2 Å². The normalized spacial score (nSPS) is 28.3. The van der Waals surface area contributed by atoms with Crippen molar-refractivity contribution in [3.8, 4) is 5.75 Å². The maximum absolute atomic E-state index is 12.8. The molecule has 5 atom stereocenters. The molecule has 1 N–H and O–H groups in total. The lowest BCUT2D eigenvalue weighted by molar-refractivity contribution is -0.159. The Balaban J connectivity index is 1.35. The SMILES string of the molecule is COc1ccccc1NC(=O)COC(=O)[C@@H](C)N1C(=O)[C@H]2[C@@H]3CC[C@@H](C3)[C@@H]2C1=O. The van der Waals surface area contributed by atoms with E-state index in [1.54, 1.807) is 24.3 Å². The molecule has 2 aliphatic carbocycles. The van der Waals surface area contributed by atoms with Crippen molar-refractivity contribution in [1.29, 1.82) is 0 Å². The summed E-state index contributed by atoms with van der Waals surface area (Å²) >= 11 is 0. The predicted octanol–water partition coefficient (Wildman–Crippen LogP) is 1.60. The van der Waals surface area contributed by atoms with Gasteiger partial charge in [0.15, 0.2) is 6.61 Å². The third-order valence-corrected chi connectivity index (χ3v) is 6.42. The van der Waals surface area contributed by atoms with E-state index in [-0.39, 0.29) is 35.5 Å². The number of likely N-dealkylation sites (tertiary alicyclic amines) is 1. The molecule has 3 fully saturated rings. The highest BCUT2D eigenvalue weighted by atomic mass is 16.5. The first kappa shape index (κ1) is 19.4. The van der Waals surface area contributed by atoms with Crippen LogP contribution in [0.3, 0.4) is 0 Å². The summed E-state index contributed by atoms with van der Waals surface area (Å²) in [6.07, 6.45) is 2.88. The monoisotopic (exact) mass is 400 g/mol. The number of para-hydroxylation sites is 2. The molecule has 3 aliphatic rings. The standard InChI is InChI=1S/C21H24N2O6/c1-11(23-19(25)17-12-7-8-13(9-12)18(17)20(23)26)21(27)29-10-16(24)22-14-5-3-4-6-15(14)28-2/h3-6,11-13,17-18H,7-10H2,1-2H3,(H,22,24)/t11-,12-,13+,17+,18+/m1/s1. The van der Waals surface area contributed by atoms with Gasteiger partial charge < -0.3 is 14.8 Å². The average molecular weight is 400 g/mol. The van der Waals surface area contributed by atoms with Crippen LogP contribution in [0, 0.1) is 23.7 Å². The van der Waals surface area contributed by atoms with E-state index in [1.165, 1.54) is 14.0 Å². The zero-order valence-electron chi connectivity index (χ0n) is 16.4. The zero-order valence-corrected chi connectivity index (χ0v) is 16.4. The van der Waals surface area contributed by atoms with E-state index in [4.69, 9.17) is 9.47 Å². The number of anilines is 1. The van der Waals surface area contributed by atoms with Crippen molar-refractivity contribution < 1.29 is 28.7 Å². The summed E-state index contributed by atoms with van der Waals surface area (Å²) in [5.74, 6) is -1.43. The number of nitrogens with one attached hydrogen (secondary N) is 1. The molecule has 1 aromatic rings. The minimum absolute atomic E-state index is 0.251. The molecule has 1 aliphatic heterocycles. The fourth-order valence-electron chi connectivity index (χ4n) is 5.11. The lowest BCUT2D eigenvalue weighted by Crippen LogP contribution is -2.45. The van der Waals surface area contributed by atoms with E-state index in [0.29, 0.717) is 11.4 Å². The predicted molar refractivity (Wildman–Crippen MR) is 102 cm³/mol. The van der Waals surface area contributed by atoms with E-state index in [2.05, 4.69) is 5.32 Å². The van der Waals surface area contributed by atoms with Crippen LogP contribution in [-0.4, -0.2) is 48.3 Å². The van der Waals surface area contributed by atoms with Gasteiger partial charge in [0, 0.05) is 0 Å². The number of hydrogen-bond acceptors (Lipinski definition) is 6. The summed E-state index contributed by atoms with van der Waals surface area (Å²) in [6.45, 7) is 0.953. The van der Waals surface area contributed by atoms with Crippen LogP contribution in [0.2, 0.25) is 0 Å². The number of benzene rings is 1. The molecule has 0 radical (unpaired) electrons. The second-order valence-corrected chi connectivity index (χ2v) is 7.96. The van der Waals surface area contributed by atoms with Crippen LogP contribution in [0.1, 0.15) is 26.2 Å². The van der Waals surface area contributed by atoms with Crippen molar-refractivity contribution in [2.45, 2.75) is 32.2 Å². The third kappa shape index (κ3) is 3.26. The molecule has 0 aromatic heterocycles. The van der Waals surface area contributed by atoms with Crippen LogP contribution >= 0.6 is 0 Å². The molecule has 3 amide bonds. The Morgan fingerprint density at radius 3 is 2.38 bits per heavy atom. The van der Waals surface area contributed by atoms with Crippen LogP contribution in [0.4, 0.5) is 5.69 Å². The lowest BCUT2D eigenvalue weighted by atomic mass is 9.81. The van der Waals surface area contributed by atoms with Gasteiger partial charge in [-0.2, -0.15) is 0 Å². The van der Waals surface area contributed by atoms with Crippen molar-refractivity contribution in [3.63, 3.8) is 0 Å². The summed E-state index contributed by atoms with van der Waals surface area (Å²) in [5, 5.41) is 2.61. The van der Waals surface area contributed by atoms with Gasteiger partial charge in [-0.15, -0.1) is 0 Å². The Kier molecular flexibility index (Phi) is 5.02. The number of carbonyl (C=O) groups is 4. The van der Waals surface area contributed by atoms with Gasteiger partial charge in [-0.3, -0.25) is 19.3 Å². The van der Waals surface area contributed by atoms with E-state index >= 15 is 0 Å². The first-order valence-corrected chi connectivity index (χ1v) is 9.88. The molecule has 0 spiro atoms.